The first kappa shape index (κ1) is 17.8. The second-order valence-electron chi connectivity index (χ2n) is 6.81. The Kier molecular flexibility index (Phi) is 4.98. The monoisotopic (exact) mass is 386 g/mol. The molecule has 2 heterocycles. The van der Waals surface area contributed by atoms with Crippen LogP contribution in [0, 0.1) is 15.9 Å². The van der Waals surface area contributed by atoms with E-state index in [-0.39, 0.29) is 10.8 Å². The predicted octanol–water partition coefficient (Wildman–Crippen LogP) is 5.40. The van der Waals surface area contributed by atoms with Crippen LogP contribution in [0.3, 0.4) is 0 Å². The molecule has 0 radical (unpaired) electrons. The molecule has 1 aromatic carbocycles. The molecule has 4 rings (SSSR count). The van der Waals surface area contributed by atoms with E-state index in [0.717, 1.165) is 48.4 Å². The van der Waals surface area contributed by atoms with E-state index < -0.39 is 4.92 Å². The number of anilines is 1. The number of nitro groups is 1. The van der Waals surface area contributed by atoms with E-state index in [1.807, 2.05) is 0 Å². The van der Waals surface area contributed by atoms with Crippen LogP contribution in [0.5, 0.6) is 0 Å². The van der Waals surface area contributed by atoms with Gasteiger partial charge in [0.15, 0.2) is 0 Å². The molecule has 140 valence electrons. The Morgan fingerprint density at radius 3 is 2.63 bits per heavy atom. The van der Waals surface area contributed by atoms with Crippen LogP contribution in [0.4, 0.5) is 15.2 Å². The third kappa shape index (κ3) is 3.90. The number of hydrogen-bond donors (Lipinski definition) is 1. The number of halogens is 1. The number of nitrogens with zero attached hydrogens (tertiary/aromatic N) is 3. The van der Waals surface area contributed by atoms with Crippen LogP contribution in [0.1, 0.15) is 49.4 Å². The number of benzene rings is 1. The van der Waals surface area contributed by atoms with Crippen molar-refractivity contribution in [2.24, 2.45) is 0 Å². The highest BCUT2D eigenvalue weighted by molar-refractivity contribution is 7.21. The van der Waals surface area contributed by atoms with E-state index >= 15 is 0 Å². The Morgan fingerprint density at radius 2 is 1.93 bits per heavy atom. The fraction of sp³-hybridized carbons (Fsp3) is 0.368. The Hall–Kier alpha value is -2.61. The molecule has 6 nitrogen and oxygen atoms in total. The summed E-state index contributed by atoms with van der Waals surface area (Å²) in [6, 6.07) is 7.76. The molecule has 1 aliphatic rings. The molecule has 0 amide bonds. The van der Waals surface area contributed by atoms with Gasteiger partial charge in [0.25, 0.3) is 0 Å². The minimum Gasteiger partial charge on any atom is -0.365 e. The third-order valence-corrected chi connectivity index (χ3v) is 5.90. The zero-order chi connectivity index (χ0) is 18.8. The molecule has 1 aliphatic carbocycles. The Morgan fingerprint density at radius 1 is 1.19 bits per heavy atom. The smallest absolute Gasteiger partial charge is 0.326 e. The van der Waals surface area contributed by atoms with E-state index in [9.17, 15) is 14.5 Å². The fourth-order valence-corrected chi connectivity index (χ4v) is 4.34. The molecule has 0 atom stereocenters. The van der Waals surface area contributed by atoms with Crippen LogP contribution in [-0.2, 0) is 6.54 Å². The average molecular weight is 386 g/mol. The summed E-state index contributed by atoms with van der Waals surface area (Å²) >= 11 is 1.08. The average Bonchev–Trinajstić information content (AvgIpc) is 3.13. The van der Waals surface area contributed by atoms with Crippen molar-refractivity contribution in [3.8, 4) is 0 Å². The first-order valence-corrected chi connectivity index (χ1v) is 9.86. The largest absolute Gasteiger partial charge is 0.365 e. The molecular formula is C19H19FN4O2S. The highest BCUT2D eigenvalue weighted by atomic mass is 32.1. The van der Waals surface area contributed by atoms with Gasteiger partial charge in [-0.25, -0.2) is 14.4 Å². The van der Waals surface area contributed by atoms with Gasteiger partial charge in [0.1, 0.15) is 22.3 Å². The van der Waals surface area contributed by atoms with Crippen LogP contribution < -0.4 is 5.32 Å². The Labute approximate surface area is 159 Å². The molecular weight excluding hydrogens is 367 g/mol. The van der Waals surface area contributed by atoms with Gasteiger partial charge in [-0.05, 0) is 41.9 Å². The van der Waals surface area contributed by atoms with E-state index in [0.29, 0.717) is 28.5 Å². The summed E-state index contributed by atoms with van der Waals surface area (Å²) in [6.07, 6.45) is 5.66. The van der Waals surface area contributed by atoms with E-state index in [2.05, 4.69) is 10.3 Å². The van der Waals surface area contributed by atoms with Gasteiger partial charge >= 0.3 is 5.00 Å². The molecule has 0 saturated heterocycles. The summed E-state index contributed by atoms with van der Waals surface area (Å²) in [5.41, 5.74) is 0.909. The summed E-state index contributed by atoms with van der Waals surface area (Å²) in [5.74, 6) is 1.39. The molecule has 8 heteroatoms. The first-order valence-electron chi connectivity index (χ1n) is 9.04. The molecule has 0 aliphatic heterocycles. The summed E-state index contributed by atoms with van der Waals surface area (Å²) in [7, 11) is 0. The van der Waals surface area contributed by atoms with Gasteiger partial charge in [0.2, 0.25) is 0 Å². The lowest BCUT2D eigenvalue weighted by Crippen LogP contribution is -2.11. The summed E-state index contributed by atoms with van der Waals surface area (Å²) in [5, 5.41) is 15.2. The Bertz CT molecular complexity index is 968. The number of aromatic nitrogens is 2. The van der Waals surface area contributed by atoms with E-state index in [1.54, 1.807) is 12.1 Å². The van der Waals surface area contributed by atoms with Crippen molar-refractivity contribution in [2.75, 3.05) is 5.32 Å². The molecule has 1 N–H and O–H groups in total. The second kappa shape index (κ2) is 7.56. The Balaban J connectivity index is 1.68. The van der Waals surface area contributed by atoms with Crippen LogP contribution in [-0.4, -0.2) is 14.9 Å². The van der Waals surface area contributed by atoms with Crippen LogP contribution in [0.15, 0.2) is 30.3 Å². The highest BCUT2D eigenvalue weighted by Crippen LogP contribution is 2.37. The van der Waals surface area contributed by atoms with E-state index in [4.69, 9.17) is 4.98 Å². The number of thiophene rings is 1. The summed E-state index contributed by atoms with van der Waals surface area (Å²) < 4.78 is 13.1. The minimum atomic E-state index is -0.392. The molecule has 0 bridgehead atoms. The third-order valence-electron chi connectivity index (χ3n) is 4.92. The van der Waals surface area contributed by atoms with Crippen molar-refractivity contribution in [3.05, 3.63) is 57.7 Å². The molecule has 27 heavy (non-hydrogen) atoms. The molecule has 1 saturated carbocycles. The van der Waals surface area contributed by atoms with Crippen molar-refractivity contribution in [3.63, 3.8) is 0 Å². The van der Waals surface area contributed by atoms with Crippen molar-refractivity contribution >= 4 is 32.4 Å². The lowest BCUT2D eigenvalue weighted by Gasteiger charge is -2.20. The minimum absolute atomic E-state index is 0.0601. The maximum Gasteiger partial charge on any atom is 0.326 e. The summed E-state index contributed by atoms with van der Waals surface area (Å²) in [6.45, 7) is 0.458. The first-order chi connectivity index (χ1) is 13.1. The van der Waals surface area contributed by atoms with Gasteiger partial charge in [-0.2, -0.15) is 0 Å². The molecule has 2 aromatic heterocycles. The van der Waals surface area contributed by atoms with E-state index in [1.165, 1.54) is 24.6 Å². The lowest BCUT2D eigenvalue weighted by atomic mass is 9.89. The van der Waals surface area contributed by atoms with Crippen molar-refractivity contribution in [2.45, 2.75) is 44.6 Å². The molecule has 1 fully saturated rings. The number of rotatable bonds is 5. The van der Waals surface area contributed by atoms with Gasteiger partial charge in [-0.1, -0.05) is 31.4 Å². The molecule has 0 unspecified atom stereocenters. The molecule has 3 aromatic rings. The standard InChI is InChI=1S/C19H19FN4O2S/c20-14-8-6-12(7-9-14)11-21-18-15-10-16(24(25)26)27-19(15)23-17(22-18)13-4-2-1-3-5-13/h6-10,13H,1-5,11H2,(H,21,22,23). The van der Waals surface area contributed by atoms with Gasteiger partial charge in [-0.15, -0.1) is 0 Å². The zero-order valence-corrected chi connectivity index (χ0v) is 15.5. The van der Waals surface area contributed by atoms with Crippen molar-refractivity contribution in [1.29, 1.82) is 0 Å². The number of fused-ring (bicyclic) bond motifs is 1. The van der Waals surface area contributed by atoms with Crippen molar-refractivity contribution < 1.29 is 9.31 Å². The normalized spacial score (nSPS) is 15.1. The highest BCUT2D eigenvalue weighted by Gasteiger charge is 2.23. The fourth-order valence-electron chi connectivity index (χ4n) is 3.48. The number of hydrogen-bond acceptors (Lipinski definition) is 6. The van der Waals surface area contributed by atoms with Crippen molar-refractivity contribution in [1.82, 2.24) is 9.97 Å². The van der Waals surface area contributed by atoms with Gasteiger partial charge < -0.3 is 5.32 Å². The predicted molar refractivity (Wildman–Crippen MR) is 104 cm³/mol. The quantitative estimate of drug-likeness (QED) is 0.469. The van der Waals surface area contributed by atoms with Crippen LogP contribution in [0.25, 0.3) is 10.2 Å². The topological polar surface area (TPSA) is 81.0 Å². The second-order valence-corrected chi connectivity index (χ2v) is 7.82. The maximum absolute atomic E-state index is 13.1. The van der Waals surface area contributed by atoms with Gasteiger partial charge in [0.05, 0.1) is 10.3 Å². The maximum atomic E-state index is 13.1. The van der Waals surface area contributed by atoms with Crippen LogP contribution in [0.2, 0.25) is 0 Å². The van der Waals surface area contributed by atoms with Gasteiger partial charge in [0, 0.05) is 18.5 Å². The zero-order valence-electron chi connectivity index (χ0n) is 14.7. The SMILES string of the molecule is O=[N+]([O-])c1cc2c(NCc3ccc(F)cc3)nc(C3CCCCC3)nc2s1. The summed E-state index contributed by atoms with van der Waals surface area (Å²) in [4.78, 5) is 20.8. The molecule has 0 spiro atoms. The van der Waals surface area contributed by atoms with Crippen LogP contribution >= 0.6 is 11.3 Å². The lowest BCUT2D eigenvalue weighted by molar-refractivity contribution is -0.380. The number of nitrogens with one attached hydrogen (secondary N) is 1. The van der Waals surface area contributed by atoms with Gasteiger partial charge in [-0.3, -0.25) is 10.1 Å².